The van der Waals surface area contributed by atoms with Gasteiger partial charge >= 0.3 is 0 Å². The van der Waals surface area contributed by atoms with Crippen molar-refractivity contribution in [2.24, 2.45) is 0 Å². The number of rotatable bonds is 10. The molecule has 0 aliphatic rings. The van der Waals surface area contributed by atoms with Gasteiger partial charge in [-0.1, -0.05) is 118 Å². The minimum atomic E-state index is -3.01. The van der Waals surface area contributed by atoms with E-state index >= 15 is 0 Å². The molecule has 1 amide bonds. The quantitative estimate of drug-likeness (QED) is 0.238. The van der Waals surface area contributed by atoms with Crippen LogP contribution in [0.5, 0.6) is 11.5 Å². The molecule has 0 saturated heterocycles. The first kappa shape index (κ1) is 29.1. The molecule has 6 heteroatoms. The minimum absolute atomic E-state index is 0.134. The van der Waals surface area contributed by atoms with Crippen LogP contribution in [0.25, 0.3) is 0 Å². The van der Waals surface area contributed by atoms with E-state index in [1.54, 1.807) is 21.1 Å². The first-order chi connectivity index (χ1) is 19.2. The number of carbonyl (C=O) groups excluding carboxylic acids is 1. The third kappa shape index (κ3) is 5.98. The van der Waals surface area contributed by atoms with Gasteiger partial charge in [0.05, 0.1) is 26.4 Å². The molecule has 208 valence electrons. The predicted molar refractivity (Wildman–Crippen MR) is 164 cm³/mol. The molecule has 0 aliphatic heterocycles. The lowest BCUT2D eigenvalue weighted by atomic mass is 9.95. The molecule has 0 heterocycles. The second-order valence-electron chi connectivity index (χ2n) is 10.9. The van der Waals surface area contributed by atoms with Crippen LogP contribution in [0.4, 0.5) is 0 Å². The average molecular weight is 554 g/mol. The summed E-state index contributed by atoms with van der Waals surface area (Å²) in [7, 11) is 0.235. The fraction of sp³-hybridized carbons (Fsp3) is 0.265. The molecule has 0 radical (unpaired) electrons. The van der Waals surface area contributed by atoms with Gasteiger partial charge in [0.25, 0.3) is 8.32 Å². The van der Waals surface area contributed by atoms with E-state index in [-0.39, 0.29) is 10.9 Å². The number of amides is 1. The van der Waals surface area contributed by atoms with E-state index in [1.807, 2.05) is 60.7 Å². The van der Waals surface area contributed by atoms with Crippen molar-refractivity contribution in [2.75, 3.05) is 14.2 Å². The van der Waals surface area contributed by atoms with Gasteiger partial charge in [-0.25, -0.2) is 0 Å². The summed E-state index contributed by atoms with van der Waals surface area (Å²) in [5.74, 6) is 1.10. The molecule has 0 spiro atoms. The van der Waals surface area contributed by atoms with Gasteiger partial charge in [0.15, 0.2) is 11.5 Å². The zero-order valence-electron chi connectivity index (χ0n) is 24.2. The maximum atomic E-state index is 12.7. The normalized spacial score (nSPS) is 13.2. The van der Waals surface area contributed by atoms with E-state index in [0.717, 1.165) is 21.5 Å². The van der Waals surface area contributed by atoms with Crippen LogP contribution in [0.15, 0.2) is 109 Å². The number of hydrogen-bond acceptors (Lipinski definition) is 4. The summed E-state index contributed by atoms with van der Waals surface area (Å²) in [5.41, 5.74) is 1.84. The SMILES string of the molecule is COc1ccc([C@@H](O[Si](c2ccccc2)(c2ccccc2)C(C)(C)C)[C@@H](NC(C)=O)c2ccccc2)cc1OC. The van der Waals surface area contributed by atoms with Gasteiger partial charge in [-0.3, -0.25) is 4.79 Å². The van der Waals surface area contributed by atoms with Gasteiger partial charge in [-0.05, 0) is 38.7 Å². The Balaban J connectivity index is 2.03. The molecule has 4 rings (SSSR count). The summed E-state index contributed by atoms with van der Waals surface area (Å²) in [5, 5.41) is 5.28. The Labute approximate surface area is 239 Å². The lowest BCUT2D eigenvalue weighted by Crippen LogP contribution is -2.67. The molecule has 1 N–H and O–H groups in total. The lowest BCUT2D eigenvalue weighted by Gasteiger charge is -2.46. The van der Waals surface area contributed by atoms with Crippen molar-refractivity contribution in [3.8, 4) is 11.5 Å². The standard InChI is InChI=1S/C34H39NO4Si/c1-25(36)35-32(26-16-10-7-11-17-26)33(27-22-23-30(37-5)31(24-27)38-6)39-40(34(2,3)4,28-18-12-8-13-19-28)29-20-14-9-15-21-29/h7-24,32-33H,1-6H3,(H,35,36)/t32-,33+/m0/s1. The summed E-state index contributed by atoms with van der Waals surface area (Å²) in [6.07, 6.45) is -0.544. The second-order valence-corrected chi connectivity index (χ2v) is 15.2. The Hall–Kier alpha value is -3.87. The van der Waals surface area contributed by atoms with Crippen LogP contribution >= 0.6 is 0 Å². The number of benzene rings is 4. The number of carbonyl (C=O) groups is 1. The summed E-state index contributed by atoms with van der Waals surface area (Å²) in [6, 6.07) is 36.4. The van der Waals surface area contributed by atoms with Crippen molar-refractivity contribution in [2.45, 2.75) is 44.9 Å². The molecule has 4 aromatic carbocycles. The van der Waals surface area contributed by atoms with Crippen LogP contribution in [0.3, 0.4) is 0 Å². The Morgan fingerprint density at radius 3 is 1.65 bits per heavy atom. The van der Waals surface area contributed by atoms with Crippen molar-refractivity contribution >= 4 is 24.6 Å². The average Bonchev–Trinajstić information content (AvgIpc) is 2.97. The van der Waals surface area contributed by atoms with Crippen LogP contribution in [0, 0.1) is 0 Å². The highest BCUT2D eigenvalue weighted by Gasteiger charge is 2.52. The van der Waals surface area contributed by atoms with E-state index in [0.29, 0.717) is 11.5 Å². The minimum Gasteiger partial charge on any atom is -0.493 e. The Morgan fingerprint density at radius 2 is 1.20 bits per heavy atom. The molecule has 0 fully saturated rings. The molecule has 0 bridgehead atoms. The lowest BCUT2D eigenvalue weighted by molar-refractivity contribution is -0.120. The van der Waals surface area contributed by atoms with Gasteiger partial charge in [0.1, 0.15) is 0 Å². The van der Waals surface area contributed by atoms with Crippen molar-refractivity contribution < 1.29 is 18.7 Å². The van der Waals surface area contributed by atoms with Crippen molar-refractivity contribution in [3.05, 3.63) is 120 Å². The van der Waals surface area contributed by atoms with Crippen molar-refractivity contribution in [1.29, 1.82) is 0 Å². The van der Waals surface area contributed by atoms with E-state index in [4.69, 9.17) is 13.9 Å². The van der Waals surface area contributed by atoms with Crippen molar-refractivity contribution in [1.82, 2.24) is 5.32 Å². The van der Waals surface area contributed by atoms with Crippen LogP contribution in [-0.4, -0.2) is 28.4 Å². The zero-order valence-corrected chi connectivity index (χ0v) is 25.2. The highest BCUT2D eigenvalue weighted by Crippen LogP contribution is 2.44. The summed E-state index contributed by atoms with van der Waals surface area (Å²) >= 11 is 0. The van der Waals surface area contributed by atoms with E-state index < -0.39 is 20.5 Å². The smallest absolute Gasteiger partial charge is 0.262 e. The van der Waals surface area contributed by atoms with E-state index in [1.165, 1.54) is 0 Å². The second kappa shape index (κ2) is 12.5. The molecule has 0 saturated carbocycles. The van der Waals surface area contributed by atoms with Crippen molar-refractivity contribution in [3.63, 3.8) is 0 Å². The van der Waals surface area contributed by atoms with E-state index in [9.17, 15) is 4.79 Å². The van der Waals surface area contributed by atoms with E-state index in [2.05, 4.69) is 74.6 Å². The fourth-order valence-corrected chi connectivity index (χ4v) is 10.1. The first-order valence-electron chi connectivity index (χ1n) is 13.5. The topological polar surface area (TPSA) is 56.8 Å². The number of nitrogens with one attached hydrogen (secondary N) is 1. The third-order valence-corrected chi connectivity index (χ3v) is 12.3. The Morgan fingerprint density at radius 1 is 0.700 bits per heavy atom. The molecule has 2 atom stereocenters. The molecule has 0 aliphatic carbocycles. The molecule has 0 unspecified atom stereocenters. The molecule has 0 aromatic heterocycles. The number of methoxy groups -OCH3 is 2. The molecule has 5 nitrogen and oxygen atoms in total. The van der Waals surface area contributed by atoms with Crippen LogP contribution in [0.2, 0.25) is 5.04 Å². The van der Waals surface area contributed by atoms with Gasteiger partial charge < -0.3 is 19.2 Å². The molecule has 40 heavy (non-hydrogen) atoms. The van der Waals surface area contributed by atoms with Crippen LogP contribution in [-0.2, 0) is 9.22 Å². The molecule has 4 aromatic rings. The van der Waals surface area contributed by atoms with Gasteiger partial charge in [0, 0.05) is 6.92 Å². The maximum Gasteiger partial charge on any atom is 0.262 e. The first-order valence-corrected chi connectivity index (χ1v) is 15.4. The predicted octanol–water partition coefficient (Wildman–Crippen LogP) is 6.20. The molecular formula is C34H39NO4Si. The largest absolute Gasteiger partial charge is 0.493 e. The number of hydrogen-bond donors (Lipinski definition) is 1. The fourth-order valence-electron chi connectivity index (χ4n) is 5.45. The highest BCUT2D eigenvalue weighted by molar-refractivity contribution is 6.99. The summed E-state index contributed by atoms with van der Waals surface area (Å²) in [4.78, 5) is 12.7. The summed E-state index contributed by atoms with van der Waals surface area (Å²) in [6.45, 7) is 8.30. The highest BCUT2D eigenvalue weighted by atomic mass is 28.4. The zero-order chi connectivity index (χ0) is 28.8. The van der Waals surface area contributed by atoms with Gasteiger partial charge in [0.2, 0.25) is 5.91 Å². The third-order valence-electron chi connectivity index (χ3n) is 7.28. The number of ether oxygens (including phenoxy) is 2. The summed E-state index contributed by atoms with van der Waals surface area (Å²) < 4.78 is 18.9. The van der Waals surface area contributed by atoms with Crippen LogP contribution < -0.4 is 25.2 Å². The monoisotopic (exact) mass is 553 g/mol. The van der Waals surface area contributed by atoms with Crippen LogP contribution in [0.1, 0.15) is 51.0 Å². The van der Waals surface area contributed by atoms with Gasteiger partial charge in [-0.15, -0.1) is 0 Å². The molecular weight excluding hydrogens is 514 g/mol. The van der Waals surface area contributed by atoms with Gasteiger partial charge in [-0.2, -0.15) is 0 Å². The Kier molecular flexibility index (Phi) is 9.13. The Bertz CT molecular complexity index is 1350. The maximum absolute atomic E-state index is 12.7.